The van der Waals surface area contributed by atoms with E-state index >= 15 is 0 Å². The van der Waals surface area contributed by atoms with Crippen molar-refractivity contribution in [2.45, 2.75) is 89.6 Å². The van der Waals surface area contributed by atoms with Crippen molar-refractivity contribution in [1.29, 1.82) is 0 Å². The van der Waals surface area contributed by atoms with Gasteiger partial charge in [0.2, 0.25) is 0 Å². The van der Waals surface area contributed by atoms with Crippen LogP contribution in [0.2, 0.25) is 0 Å². The van der Waals surface area contributed by atoms with Crippen LogP contribution in [0.25, 0.3) is 0 Å². The minimum atomic E-state index is 0.536. The topological polar surface area (TPSA) is 6.48 Å². The minimum absolute atomic E-state index is 0.536. The normalized spacial score (nSPS) is 29.5. The van der Waals surface area contributed by atoms with E-state index in [4.69, 9.17) is 0 Å². The summed E-state index contributed by atoms with van der Waals surface area (Å²) in [5.41, 5.74) is 1.24. The van der Waals surface area contributed by atoms with E-state index < -0.39 is 0 Å². The van der Waals surface area contributed by atoms with E-state index in [0.717, 1.165) is 0 Å². The number of hydrogen-bond acceptors (Lipinski definition) is 4. The van der Waals surface area contributed by atoms with Crippen LogP contribution in [0.3, 0.4) is 0 Å². The molecular formula is C24H46N2S2. The molecule has 2 spiro atoms. The van der Waals surface area contributed by atoms with Crippen LogP contribution in [0, 0.1) is 10.8 Å². The van der Waals surface area contributed by atoms with Gasteiger partial charge in [0.25, 0.3) is 0 Å². The molecule has 0 N–H and O–H groups in total. The lowest BCUT2D eigenvalue weighted by atomic mass is 9.59. The Balaban J connectivity index is 1.63. The molecule has 0 aromatic carbocycles. The van der Waals surface area contributed by atoms with Crippen molar-refractivity contribution in [1.82, 2.24) is 9.80 Å². The van der Waals surface area contributed by atoms with Crippen molar-refractivity contribution in [3.05, 3.63) is 0 Å². The van der Waals surface area contributed by atoms with Gasteiger partial charge in [0.1, 0.15) is 0 Å². The molecule has 2 saturated heterocycles. The van der Waals surface area contributed by atoms with Gasteiger partial charge in [0, 0.05) is 18.1 Å². The molecule has 3 fully saturated rings. The summed E-state index contributed by atoms with van der Waals surface area (Å²) in [4.78, 5) is 5.41. The summed E-state index contributed by atoms with van der Waals surface area (Å²) in [6.45, 7) is 17.2. The van der Waals surface area contributed by atoms with Gasteiger partial charge < -0.3 is 9.80 Å². The molecule has 3 aliphatic rings. The molecule has 28 heavy (non-hydrogen) atoms. The van der Waals surface area contributed by atoms with Crippen molar-refractivity contribution in [3.63, 3.8) is 0 Å². The monoisotopic (exact) mass is 426 g/mol. The van der Waals surface area contributed by atoms with E-state index in [2.05, 4.69) is 61.0 Å². The zero-order valence-electron chi connectivity index (χ0n) is 19.2. The van der Waals surface area contributed by atoms with Crippen LogP contribution in [-0.2, 0) is 0 Å². The molecule has 0 radical (unpaired) electrons. The lowest BCUT2D eigenvalue weighted by Gasteiger charge is -2.57. The van der Waals surface area contributed by atoms with Gasteiger partial charge >= 0.3 is 0 Å². The number of likely N-dealkylation sites (tertiary alicyclic amines) is 1. The second kappa shape index (κ2) is 10.3. The first-order valence-electron chi connectivity index (χ1n) is 12.3. The second-order valence-corrected chi connectivity index (χ2v) is 12.9. The zero-order valence-corrected chi connectivity index (χ0v) is 20.9. The Morgan fingerprint density at radius 2 is 1.57 bits per heavy atom. The maximum atomic E-state index is 2.83. The molecule has 1 unspecified atom stereocenters. The molecule has 1 aliphatic carbocycles. The quantitative estimate of drug-likeness (QED) is 0.401. The van der Waals surface area contributed by atoms with E-state index in [9.17, 15) is 0 Å². The van der Waals surface area contributed by atoms with E-state index in [1.165, 1.54) is 109 Å². The summed E-state index contributed by atoms with van der Waals surface area (Å²) >= 11 is 4.76. The zero-order chi connectivity index (χ0) is 20.1. The first kappa shape index (κ1) is 23.3. The summed E-state index contributed by atoms with van der Waals surface area (Å²) < 4.78 is 0.536. The fourth-order valence-electron chi connectivity index (χ4n) is 6.67. The maximum Gasteiger partial charge on any atom is 0.0673 e. The van der Waals surface area contributed by atoms with Gasteiger partial charge in [-0.25, -0.2) is 0 Å². The summed E-state index contributed by atoms with van der Waals surface area (Å²) in [5.74, 6) is 2.78. The average molecular weight is 427 g/mol. The smallest absolute Gasteiger partial charge is 0.0673 e. The largest absolute Gasteiger partial charge is 0.304 e. The van der Waals surface area contributed by atoms with Crippen LogP contribution >= 0.6 is 23.5 Å². The van der Waals surface area contributed by atoms with Crippen molar-refractivity contribution in [2.24, 2.45) is 10.8 Å². The maximum absolute atomic E-state index is 2.83. The Bertz CT molecular complexity index is 467. The van der Waals surface area contributed by atoms with Gasteiger partial charge in [-0.3, -0.25) is 0 Å². The molecule has 2 heterocycles. The van der Waals surface area contributed by atoms with Gasteiger partial charge in [-0.15, -0.1) is 23.5 Å². The van der Waals surface area contributed by atoms with E-state index in [0.29, 0.717) is 14.9 Å². The Morgan fingerprint density at radius 1 is 0.893 bits per heavy atom. The molecule has 1 saturated carbocycles. The molecule has 164 valence electrons. The first-order valence-corrected chi connectivity index (χ1v) is 14.3. The number of thioether (sulfide) groups is 2. The van der Waals surface area contributed by atoms with E-state index in [-0.39, 0.29) is 0 Å². The average Bonchev–Trinajstić information content (AvgIpc) is 3.32. The Hall–Kier alpha value is 0.620. The van der Waals surface area contributed by atoms with Crippen molar-refractivity contribution < 1.29 is 0 Å². The van der Waals surface area contributed by atoms with E-state index in [1.807, 2.05) is 0 Å². The molecule has 2 nitrogen and oxygen atoms in total. The standard InChI is InChI=1S/C24H46N2S2/c1-5-10-23(11-6-2)13-12-22(20-24(23)27-18-19-28-24)14-17-26(21-22)16-9-15-25(7-3)8-4/h5-21H2,1-4H3. The molecule has 3 rings (SSSR count). The third kappa shape index (κ3) is 4.75. The highest BCUT2D eigenvalue weighted by molar-refractivity contribution is 8.21. The van der Waals surface area contributed by atoms with Crippen LogP contribution in [0.5, 0.6) is 0 Å². The molecule has 2 aliphatic heterocycles. The highest BCUT2D eigenvalue weighted by Crippen LogP contribution is 2.69. The lowest BCUT2D eigenvalue weighted by Crippen LogP contribution is -2.51. The van der Waals surface area contributed by atoms with Crippen molar-refractivity contribution in [2.75, 3.05) is 50.8 Å². The highest BCUT2D eigenvalue weighted by atomic mass is 32.2. The Labute approximate surface area is 184 Å². The van der Waals surface area contributed by atoms with Crippen LogP contribution in [0.1, 0.15) is 85.5 Å². The van der Waals surface area contributed by atoms with Crippen molar-refractivity contribution in [3.8, 4) is 0 Å². The number of nitrogens with zero attached hydrogens (tertiary/aromatic N) is 2. The predicted octanol–water partition coefficient (Wildman–Crippen LogP) is 6.36. The number of hydrogen-bond donors (Lipinski definition) is 0. The Kier molecular flexibility index (Phi) is 8.55. The van der Waals surface area contributed by atoms with Gasteiger partial charge in [-0.2, -0.15) is 0 Å². The molecule has 0 aromatic rings. The molecule has 0 bridgehead atoms. The summed E-state index contributed by atoms with van der Waals surface area (Å²) in [6, 6.07) is 0. The summed E-state index contributed by atoms with van der Waals surface area (Å²) in [5, 5.41) is 0. The molecule has 1 atom stereocenters. The van der Waals surface area contributed by atoms with Gasteiger partial charge in [-0.1, -0.05) is 40.5 Å². The second-order valence-electron chi connectivity index (χ2n) is 9.81. The first-order chi connectivity index (χ1) is 13.6. The van der Waals surface area contributed by atoms with Gasteiger partial charge in [-0.05, 0) is 88.5 Å². The predicted molar refractivity (Wildman–Crippen MR) is 130 cm³/mol. The third-order valence-corrected chi connectivity index (χ3v) is 12.0. The lowest BCUT2D eigenvalue weighted by molar-refractivity contribution is 0.0598. The van der Waals surface area contributed by atoms with Crippen LogP contribution in [0.15, 0.2) is 0 Å². The van der Waals surface area contributed by atoms with Crippen LogP contribution in [-0.4, -0.2) is 64.7 Å². The minimum Gasteiger partial charge on any atom is -0.304 e. The van der Waals surface area contributed by atoms with Gasteiger partial charge in [0.05, 0.1) is 4.08 Å². The SMILES string of the molecule is CCCC1(CCC)CCC2(CCN(CCCN(CC)CC)C2)CC12SCCS2. The third-order valence-electron chi connectivity index (χ3n) is 8.12. The molecule has 0 aromatic heterocycles. The van der Waals surface area contributed by atoms with Crippen molar-refractivity contribution >= 4 is 23.5 Å². The fourth-order valence-corrected chi connectivity index (χ4v) is 10.9. The fraction of sp³-hybridized carbons (Fsp3) is 1.00. The highest BCUT2D eigenvalue weighted by Gasteiger charge is 2.60. The van der Waals surface area contributed by atoms with Crippen LogP contribution < -0.4 is 0 Å². The molecule has 0 amide bonds. The molecule has 4 heteroatoms. The Morgan fingerprint density at radius 3 is 2.18 bits per heavy atom. The van der Waals surface area contributed by atoms with Crippen LogP contribution in [0.4, 0.5) is 0 Å². The number of rotatable bonds is 10. The van der Waals surface area contributed by atoms with E-state index in [1.54, 1.807) is 0 Å². The summed E-state index contributed by atoms with van der Waals surface area (Å²) in [6.07, 6.45) is 13.0. The summed E-state index contributed by atoms with van der Waals surface area (Å²) in [7, 11) is 0. The molecular weight excluding hydrogens is 380 g/mol. The van der Waals surface area contributed by atoms with Gasteiger partial charge in [0.15, 0.2) is 0 Å².